The number of rotatable bonds is 3. The fourth-order valence-electron chi connectivity index (χ4n) is 4.47. The maximum atomic E-state index is 12.4. The van der Waals surface area contributed by atoms with Crippen LogP contribution in [0.25, 0.3) is 0 Å². The summed E-state index contributed by atoms with van der Waals surface area (Å²) in [6, 6.07) is 0. The van der Waals surface area contributed by atoms with Gasteiger partial charge in [-0.3, -0.25) is 4.79 Å². The highest BCUT2D eigenvalue weighted by Gasteiger charge is 2.41. The van der Waals surface area contributed by atoms with E-state index in [1.165, 1.54) is 25.7 Å². The van der Waals surface area contributed by atoms with E-state index < -0.39 is 0 Å². The van der Waals surface area contributed by atoms with Crippen LogP contribution in [0.1, 0.15) is 32.6 Å². The molecule has 3 aliphatic rings. The van der Waals surface area contributed by atoms with E-state index in [2.05, 4.69) is 12.2 Å². The lowest BCUT2D eigenvalue weighted by atomic mass is 9.88. The fraction of sp³-hybridized carbons (Fsp3) is 0.933. The predicted octanol–water partition coefficient (Wildman–Crippen LogP) is 1.74. The summed E-state index contributed by atoms with van der Waals surface area (Å²) in [4.78, 5) is 14.5. The number of fused-ring (bicyclic) bond motifs is 2. The van der Waals surface area contributed by atoms with Crippen molar-refractivity contribution in [2.45, 2.75) is 32.6 Å². The lowest BCUT2D eigenvalue weighted by Crippen LogP contribution is -2.39. The number of carbonyl (C=O) groups excluding carboxylic acids is 1. The molecule has 0 spiro atoms. The van der Waals surface area contributed by atoms with Crippen molar-refractivity contribution >= 4 is 5.91 Å². The number of carbonyl (C=O) groups is 1. The zero-order chi connectivity index (χ0) is 12.7. The van der Waals surface area contributed by atoms with Gasteiger partial charge in [0.2, 0.25) is 5.91 Å². The fourth-order valence-corrected chi connectivity index (χ4v) is 4.47. The molecule has 5 unspecified atom stereocenters. The largest absolute Gasteiger partial charge is 0.345 e. The summed E-state index contributed by atoms with van der Waals surface area (Å²) in [6.07, 6.45) is 5.68. The first-order valence-corrected chi connectivity index (χ1v) is 7.61. The zero-order valence-electron chi connectivity index (χ0n) is 11.7. The molecule has 0 radical (unpaired) electrons. The predicted molar refractivity (Wildman–Crippen MR) is 72.1 cm³/mol. The summed E-state index contributed by atoms with van der Waals surface area (Å²) in [5.74, 6) is 3.78. The highest BCUT2D eigenvalue weighted by atomic mass is 16.2. The number of hydrogen-bond donors (Lipinski definition) is 1. The van der Waals surface area contributed by atoms with Crippen LogP contribution in [-0.4, -0.2) is 37.5 Å². The van der Waals surface area contributed by atoms with E-state index in [0.29, 0.717) is 11.8 Å². The Balaban J connectivity index is 1.54. The molecule has 0 aromatic carbocycles. The third-order valence-electron chi connectivity index (χ3n) is 5.60. The Morgan fingerprint density at radius 3 is 2.67 bits per heavy atom. The van der Waals surface area contributed by atoms with Gasteiger partial charge in [-0.2, -0.15) is 0 Å². The Morgan fingerprint density at radius 2 is 2.11 bits per heavy atom. The van der Waals surface area contributed by atoms with Crippen molar-refractivity contribution < 1.29 is 4.79 Å². The first kappa shape index (κ1) is 12.5. The van der Waals surface area contributed by atoms with Crippen molar-refractivity contribution in [3.63, 3.8) is 0 Å². The minimum atomic E-state index is 0.216. The van der Waals surface area contributed by atoms with E-state index in [1.54, 1.807) is 0 Å². The number of amides is 1. The molecule has 2 bridgehead atoms. The van der Waals surface area contributed by atoms with Crippen molar-refractivity contribution in [3.8, 4) is 0 Å². The summed E-state index contributed by atoms with van der Waals surface area (Å²) < 4.78 is 0. The van der Waals surface area contributed by atoms with Crippen LogP contribution in [0.5, 0.6) is 0 Å². The highest BCUT2D eigenvalue weighted by molar-refractivity contribution is 5.79. The van der Waals surface area contributed by atoms with Gasteiger partial charge in [0.15, 0.2) is 0 Å². The van der Waals surface area contributed by atoms with Crippen LogP contribution in [0, 0.1) is 29.6 Å². The van der Waals surface area contributed by atoms with Gasteiger partial charge in [0.05, 0.1) is 5.92 Å². The molecule has 5 atom stereocenters. The standard InChI is InChI=1S/C15H26N2O/c1-10-7-16-8-14(10)15(18)17(2)9-13-6-11-3-4-12(13)5-11/h10-14,16H,3-9H2,1-2H3. The number of nitrogens with one attached hydrogen (secondary N) is 1. The smallest absolute Gasteiger partial charge is 0.227 e. The van der Waals surface area contributed by atoms with Crippen LogP contribution in [0.2, 0.25) is 0 Å². The Kier molecular flexibility index (Phi) is 3.35. The Morgan fingerprint density at radius 1 is 1.28 bits per heavy atom. The van der Waals surface area contributed by atoms with Gasteiger partial charge in [0, 0.05) is 20.1 Å². The van der Waals surface area contributed by atoms with Crippen LogP contribution in [0.4, 0.5) is 0 Å². The molecule has 1 heterocycles. The summed E-state index contributed by atoms with van der Waals surface area (Å²) in [5.41, 5.74) is 0. The topological polar surface area (TPSA) is 32.3 Å². The van der Waals surface area contributed by atoms with Crippen LogP contribution in [0.3, 0.4) is 0 Å². The van der Waals surface area contributed by atoms with E-state index in [1.807, 2.05) is 11.9 Å². The Bertz CT molecular complexity index is 330. The second kappa shape index (κ2) is 4.84. The van der Waals surface area contributed by atoms with Gasteiger partial charge >= 0.3 is 0 Å². The molecule has 3 nitrogen and oxygen atoms in total. The quantitative estimate of drug-likeness (QED) is 0.827. The van der Waals surface area contributed by atoms with Crippen molar-refractivity contribution in [2.75, 3.05) is 26.7 Å². The molecule has 0 aromatic heterocycles. The molecule has 3 fully saturated rings. The van der Waals surface area contributed by atoms with E-state index in [4.69, 9.17) is 0 Å². The van der Waals surface area contributed by atoms with E-state index in [9.17, 15) is 4.79 Å². The summed E-state index contributed by atoms with van der Waals surface area (Å²) in [6.45, 7) is 5.07. The van der Waals surface area contributed by atoms with Crippen LogP contribution in [0.15, 0.2) is 0 Å². The van der Waals surface area contributed by atoms with Gasteiger partial charge in [0.1, 0.15) is 0 Å². The maximum Gasteiger partial charge on any atom is 0.227 e. The first-order chi connectivity index (χ1) is 8.65. The van der Waals surface area contributed by atoms with Crippen molar-refractivity contribution in [1.29, 1.82) is 0 Å². The molecule has 0 aromatic rings. The molecular weight excluding hydrogens is 224 g/mol. The molecule has 1 saturated heterocycles. The lowest BCUT2D eigenvalue weighted by molar-refractivity contribution is -0.135. The summed E-state index contributed by atoms with van der Waals surface area (Å²) >= 11 is 0. The molecule has 18 heavy (non-hydrogen) atoms. The van der Waals surface area contributed by atoms with Crippen molar-refractivity contribution in [3.05, 3.63) is 0 Å². The molecule has 3 rings (SSSR count). The molecular formula is C15H26N2O. The minimum absolute atomic E-state index is 0.216. The average Bonchev–Trinajstić information content (AvgIpc) is 3.04. The monoisotopic (exact) mass is 250 g/mol. The lowest BCUT2D eigenvalue weighted by Gasteiger charge is -2.29. The molecule has 1 N–H and O–H groups in total. The third-order valence-corrected chi connectivity index (χ3v) is 5.60. The van der Waals surface area contributed by atoms with Gasteiger partial charge in [-0.25, -0.2) is 0 Å². The maximum absolute atomic E-state index is 12.4. The zero-order valence-corrected chi connectivity index (χ0v) is 11.7. The normalized spacial score (nSPS) is 42.4. The minimum Gasteiger partial charge on any atom is -0.345 e. The van der Waals surface area contributed by atoms with Crippen molar-refractivity contribution in [2.24, 2.45) is 29.6 Å². The van der Waals surface area contributed by atoms with Gasteiger partial charge in [0.25, 0.3) is 0 Å². The Labute approximate surface area is 110 Å². The number of hydrogen-bond acceptors (Lipinski definition) is 2. The van der Waals surface area contributed by atoms with E-state index in [-0.39, 0.29) is 5.92 Å². The molecule has 1 amide bonds. The number of nitrogens with zero attached hydrogens (tertiary/aromatic N) is 1. The second-order valence-electron chi connectivity index (χ2n) is 6.90. The first-order valence-electron chi connectivity index (χ1n) is 7.61. The molecule has 1 aliphatic heterocycles. The van der Waals surface area contributed by atoms with Gasteiger partial charge in [-0.1, -0.05) is 13.3 Å². The molecule has 2 aliphatic carbocycles. The average molecular weight is 250 g/mol. The van der Waals surface area contributed by atoms with Gasteiger partial charge in [-0.05, 0) is 49.5 Å². The SMILES string of the molecule is CC1CNCC1C(=O)N(C)CC1CC2CCC1C2. The second-order valence-corrected chi connectivity index (χ2v) is 6.90. The molecule has 2 saturated carbocycles. The highest BCUT2D eigenvalue weighted by Crippen LogP contribution is 2.48. The van der Waals surface area contributed by atoms with Gasteiger partial charge < -0.3 is 10.2 Å². The molecule has 3 heteroatoms. The third kappa shape index (κ3) is 2.18. The Hall–Kier alpha value is -0.570. The summed E-state index contributed by atoms with van der Waals surface area (Å²) in [5, 5.41) is 3.33. The van der Waals surface area contributed by atoms with Crippen LogP contribution < -0.4 is 5.32 Å². The van der Waals surface area contributed by atoms with Crippen LogP contribution in [-0.2, 0) is 4.79 Å². The van der Waals surface area contributed by atoms with Crippen LogP contribution >= 0.6 is 0 Å². The van der Waals surface area contributed by atoms with E-state index >= 15 is 0 Å². The molecule has 102 valence electrons. The summed E-state index contributed by atoms with van der Waals surface area (Å²) in [7, 11) is 2.01. The van der Waals surface area contributed by atoms with Gasteiger partial charge in [-0.15, -0.1) is 0 Å². The van der Waals surface area contributed by atoms with E-state index in [0.717, 1.165) is 37.4 Å². The van der Waals surface area contributed by atoms with Crippen molar-refractivity contribution in [1.82, 2.24) is 10.2 Å².